The lowest BCUT2D eigenvalue weighted by Gasteiger charge is -2.15. The van der Waals surface area contributed by atoms with Crippen molar-refractivity contribution < 1.29 is 9.59 Å². The first kappa shape index (κ1) is 9.98. The number of carbonyl (C=O) groups is 2. The van der Waals surface area contributed by atoms with E-state index in [1.54, 1.807) is 25.1 Å². The van der Waals surface area contributed by atoms with Crippen LogP contribution in [0.5, 0.6) is 0 Å². The Bertz CT molecular complexity index is 429. The number of rotatable bonds is 1. The van der Waals surface area contributed by atoms with E-state index in [0.29, 0.717) is 10.7 Å². The zero-order chi connectivity index (χ0) is 11.0. The van der Waals surface area contributed by atoms with E-state index in [1.807, 2.05) is 0 Å². The van der Waals surface area contributed by atoms with Gasteiger partial charge in [0.2, 0.25) is 0 Å². The van der Waals surface area contributed by atoms with E-state index in [2.05, 4.69) is 5.32 Å². The molecular formula is C10H9ClN2O2. The summed E-state index contributed by atoms with van der Waals surface area (Å²) in [7, 11) is 0. The number of amides is 3. The molecule has 1 saturated heterocycles. The van der Waals surface area contributed by atoms with Crippen LogP contribution >= 0.6 is 11.6 Å². The number of halogens is 1. The third-order valence-electron chi connectivity index (χ3n) is 2.24. The largest absolute Gasteiger partial charge is 0.329 e. The molecule has 78 valence electrons. The van der Waals surface area contributed by atoms with Crippen LogP contribution in [0.3, 0.4) is 0 Å². The zero-order valence-electron chi connectivity index (χ0n) is 8.08. The second kappa shape index (κ2) is 3.55. The number of hydrogen-bond acceptors (Lipinski definition) is 2. The highest BCUT2D eigenvalue weighted by molar-refractivity contribution is 6.31. The number of benzene rings is 1. The van der Waals surface area contributed by atoms with Crippen LogP contribution in [-0.2, 0) is 4.79 Å². The first-order valence-corrected chi connectivity index (χ1v) is 4.84. The van der Waals surface area contributed by atoms with Gasteiger partial charge < -0.3 is 5.32 Å². The van der Waals surface area contributed by atoms with Crippen molar-refractivity contribution in [2.24, 2.45) is 0 Å². The molecular weight excluding hydrogens is 216 g/mol. The standard InChI is InChI=1S/C10H9ClN2O2/c1-6-4-7(11)2-3-8(6)13-9(14)5-12-10(13)15/h2-4H,5H2,1H3,(H,12,15). The molecule has 1 fully saturated rings. The second-order valence-corrected chi connectivity index (χ2v) is 3.76. The van der Waals surface area contributed by atoms with Crippen LogP contribution in [0.1, 0.15) is 5.56 Å². The van der Waals surface area contributed by atoms with E-state index < -0.39 is 0 Å². The van der Waals surface area contributed by atoms with Crippen LogP contribution in [0.15, 0.2) is 18.2 Å². The number of nitrogens with one attached hydrogen (secondary N) is 1. The topological polar surface area (TPSA) is 49.4 Å². The normalized spacial score (nSPS) is 15.7. The Balaban J connectivity index is 2.45. The highest BCUT2D eigenvalue weighted by Crippen LogP contribution is 2.24. The fraction of sp³-hybridized carbons (Fsp3) is 0.200. The minimum absolute atomic E-state index is 0.0564. The Kier molecular flexibility index (Phi) is 2.36. The third-order valence-corrected chi connectivity index (χ3v) is 2.48. The van der Waals surface area contributed by atoms with Crippen LogP contribution in [-0.4, -0.2) is 18.5 Å². The minimum Gasteiger partial charge on any atom is -0.328 e. The molecule has 1 N–H and O–H groups in total. The van der Waals surface area contributed by atoms with E-state index in [0.717, 1.165) is 10.5 Å². The van der Waals surface area contributed by atoms with Gasteiger partial charge >= 0.3 is 6.03 Å². The van der Waals surface area contributed by atoms with Crippen molar-refractivity contribution in [2.75, 3.05) is 11.4 Å². The maximum atomic E-state index is 11.4. The van der Waals surface area contributed by atoms with Crippen molar-refractivity contribution in [3.8, 4) is 0 Å². The van der Waals surface area contributed by atoms with E-state index >= 15 is 0 Å². The fourth-order valence-corrected chi connectivity index (χ4v) is 1.76. The number of imide groups is 1. The lowest BCUT2D eigenvalue weighted by molar-refractivity contribution is -0.115. The summed E-state index contributed by atoms with van der Waals surface area (Å²) in [6.45, 7) is 1.86. The van der Waals surface area contributed by atoms with Crippen molar-refractivity contribution in [1.29, 1.82) is 0 Å². The molecule has 0 aliphatic carbocycles. The third kappa shape index (κ3) is 1.68. The van der Waals surface area contributed by atoms with E-state index in [4.69, 9.17) is 11.6 Å². The lowest BCUT2D eigenvalue weighted by Crippen LogP contribution is -2.31. The van der Waals surface area contributed by atoms with Crippen molar-refractivity contribution in [3.63, 3.8) is 0 Å². The first-order valence-electron chi connectivity index (χ1n) is 4.46. The van der Waals surface area contributed by atoms with Crippen LogP contribution in [0.25, 0.3) is 0 Å². The van der Waals surface area contributed by atoms with Gasteiger partial charge in [0.1, 0.15) is 0 Å². The summed E-state index contributed by atoms with van der Waals surface area (Å²) in [5, 5.41) is 3.05. The molecule has 1 heterocycles. The van der Waals surface area contributed by atoms with Crippen LogP contribution in [0.4, 0.5) is 10.5 Å². The molecule has 0 unspecified atom stereocenters. The van der Waals surface area contributed by atoms with Crippen LogP contribution < -0.4 is 10.2 Å². The Morgan fingerprint density at radius 3 is 2.67 bits per heavy atom. The maximum absolute atomic E-state index is 11.4. The molecule has 0 bridgehead atoms. The SMILES string of the molecule is Cc1cc(Cl)ccc1N1C(=O)CNC1=O. The molecule has 0 atom stereocenters. The van der Waals surface area contributed by atoms with Gasteiger partial charge in [0, 0.05) is 5.02 Å². The Labute approximate surface area is 91.8 Å². The number of urea groups is 1. The maximum Gasteiger partial charge on any atom is 0.329 e. The summed E-state index contributed by atoms with van der Waals surface area (Å²) >= 11 is 5.79. The van der Waals surface area contributed by atoms with Gasteiger partial charge in [-0.3, -0.25) is 4.79 Å². The van der Waals surface area contributed by atoms with Gasteiger partial charge in [-0.05, 0) is 30.7 Å². The van der Waals surface area contributed by atoms with Gasteiger partial charge in [0.25, 0.3) is 5.91 Å². The highest BCUT2D eigenvalue weighted by atomic mass is 35.5. The fourth-order valence-electron chi connectivity index (χ4n) is 1.54. The Hall–Kier alpha value is -1.55. The van der Waals surface area contributed by atoms with Gasteiger partial charge in [-0.25, -0.2) is 9.69 Å². The molecule has 0 spiro atoms. The van der Waals surface area contributed by atoms with E-state index in [9.17, 15) is 9.59 Å². The molecule has 0 radical (unpaired) electrons. The summed E-state index contributed by atoms with van der Waals surface area (Å²) < 4.78 is 0. The van der Waals surface area contributed by atoms with Crippen molar-refractivity contribution in [2.45, 2.75) is 6.92 Å². The summed E-state index contributed by atoms with van der Waals surface area (Å²) in [6, 6.07) is 4.66. The minimum atomic E-state index is -0.384. The number of carbonyl (C=O) groups excluding carboxylic acids is 2. The van der Waals surface area contributed by atoms with Gasteiger partial charge in [-0.1, -0.05) is 11.6 Å². The predicted octanol–water partition coefficient (Wildman–Crippen LogP) is 1.70. The molecule has 0 aromatic heterocycles. The van der Waals surface area contributed by atoms with Crippen LogP contribution in [0, 0.1) is 6.92 Å². The molecule has 5 heteroatoms. The number of aryl methyl sites for hydroxylation is 1. The average Bonchev–Trinajstić information content (AvgIpc) is 2.48. The molecule has 15 heavy (non-hydrogen) atoms. The first-order chi connectivity index (χ1) is 7.09. The molecule has 2 rings (SSSR count). The van der Waals surface area contributed by atoms with Crippen molar-refractivity contribution in [1.82, 2.24) is 5.32 Å². The summed E-state index contributed by atoms with van der Waals surface area (Å²) in [6.07, 6.45) is 0. The summed E-state index contributed by atoms with van der Waals surface area (Å²) in [4.78, 5) is 23.9. The highest BCUT2D eigenvalue weighted by Gasteiger charge is 2.30. The second-order valence-electron chi connectivity index (χ2n) is 3.32. The van der Waals surface area contributed by atoms with Gasteiger partial charge in [0.15, 0.2) is 0 Å². The predicted molar refractivity (Wildman–Crippen MR) is 57.1 cm³/mol. The quantitative estimate of drug-likeness (QED) is 0.739. The molecule has 1 aliphatic rings. The monoisotopic (exact) mass is 224 g/mol. The molecule has 1 aromatic carbocycles. The zero-order valence-corrected chi connectivity index (χ0v) is 8.84. The molecule has 0 saturated carbocycles. The molecule has 1 aliphatic heterocycles. The number of nitrogens with zero attached hydrogens (tertiary/aromatic N) is 1. The van der Waals surface area contributed by atoms with Crippen molar-refractivity contribution in [3.05, 3.63) is 28.8 Å². The van der Waals surface area contributed by atoms with Gasteiger partial charge in [-0.2, -0.15) is 0 Å². The number of anilines is 1. The summed E-state index contributed by atoms with van der Waals surface area (Å²) in [5.41, 5.74) is 1.38. The summed E-state index contributed by atoms with van der Waals surface area (Å²) in [5.74, 6) is -0.245. The lowest BCUT2D eigenvalue weighted by atomic mass is 10.2. The van der Waals surface area contributed by atoms with E-state index in [-0.39, 0.29) is 18.5 Å². The average molecular weight is 225 g/mol. The Morgan fingerprint density at radius 2 is 2.13 bits per heavy atom. The van der Waals surface area contributed by atoms with E-state index in [1.165, 1.54) is 0 Å². The van der Waals surface area contributed by atoms with Crippen LogP contribution in [0.2, 0.25) is 5.02 Å². The number of hydrogen-bond donors (Lipinski definition) is 1. The molecule has 4 nitrogen and oxygen atoms in total. The van der Waals surface area contributed by atoms with Gasteiger partial charge in [-0.15, -0.1) is 0 Å². The van der Waals surface area contributed by atoms with Gasteiger partial charge in [0.05, 0.1) is 12.2 Å². The molecule has 3 amide bonds. The van der Waals surface area contributed by atoms with Crippen molar-refractivity contribution >= 4 is 29.2 Å². The molecule has 1 aromatic rings. The Morgan fingerprint density at radius 1 is 1.40 bits per heavy atom. The smallest absolute Gasteiger partial charge is 0.328 e.